The third-order valence-electron chi connectivity index (χ3n) is 3.71. The molecule has 1 amide bonds. The van der Waals surface area contributed by atoms with Crippen molar-refractivity contribution in [1.82, 2.24) is 5.32 Å². The van der Waals surface area contributed by atoms with E-state index < -0.39 is 0 Å². The molecule has 0 saturated carbocycles. The van der Waals surface area contributed by atoms with Crippen LogP contribution in [0.5, 0.6) is 23.0 Å². The molecule has 6 nitrogen and oxygen atoms in total. The van der Waals surface area contributed by atoms with Crippen LogP contribution in [0.4, 0.5) is 0 Å². The predicted molar refractivity (Wildman–Crippen MR) is 94.6 cm³/mol. The van der Waals surface area contributed by atoms with Crippen molar-refractivity contribution in [3.63, 3.8) is 0 Å². The molecule has 1 atom stereocenters. The van der Waals surface area contributed by atoms with Crippen molar-refractivity contribution < 1.29 is 23.7 Å². The van der Waals surface area contributed by atoms with E-state index in [-0.39, 0.29) is 18.6 Å². The van der Waals surface area contributed by atoms with Crippen LogP contribution in [0.25, 0.3) is 0 Å². The van der Waals surface area contributed by atoms with E-state index in [0.717, 1.165) is 5.56 Å². The van der Waals surface area contributed by atoms with E-state index in [0.29, 0.717) is 23.0 Å². The Balaban J connectivity index is 1.96. The van der Waals surface area contributed by atoms with Crippen LogP contribution in [-0.2, 0) is 4.79 Å². The molecule has 0 aliphatic heterocycles. The number of methoxy groups -OCH3 is 3. The van der Waals surface area contributed by atoms with E-state index in [1.54, 1.807) is 33.5 Å². The number of nitrogens with one attached hydrogen (secondary N) is 1. The van der Waals surface area contributed by atoms with Crippen molar-refractivity contribution in [2.24, 2.45) is 0 Å². The second kappa shape index (κ2) is 8.82. The molecule has 2 rings (SSSR count). The van der Waals surface area contributed by atoms with Crippen LogP contribution in [0, 0.1) is 0 Å². The number of carbonyl (C=O) groups is 1. The van der Waals surface area contributed by atoms with Crippen LogP contribution in [0.2, 0.25) is 0 Å². The Morgan fingerprint density at radius 2 is 1.52 bits per heavy atom. The highest BCUT2D eigenvalue weighted by Gasteiger charge is 2.14. The van der Waals surface area contributed by atoms with Gasteiger partial charge in [0.15, 0.2) is 29.6 Å². The van der Waals surface area contributed by atoms with E-state index >= 15 is 0 Å². The van der Waals surface area contributed by atoms with Crippen LogP contribution in [-0.4, -0.2) is 33.8 Å². The van der Waals surface area contributed by atoms with Crippen molar-refractivity contribution in [3.8, 4) is 23.0 Å². The van der Waals surface area contributed by atoms with Crippen molar-refractivity contribution in [1.29, 1.82) is 0 Å². The third kappa shape index (κ3) is 4.79. The fourth-order valence-electron chi connectivity index (χ4n) is 2.37. The number of benzene rings is 2. The first-order valence-corrected chi connectivity index (χ1v) is 7.86. The van der Waals surface area contributed by atoms with Gasteiger partial charge in [-0.2, -0.15) is 0 Å². The Morgan fingerprint density at radius 3 is 2.16 bits per heavy atom. The van der Waals surface area contributed by atoms with Crippen LogP contribution in [0.3, 0.4) is 0 Å². The van der Waals surface area contributed by atoms with E-state index in [4.69, 9.17) is 18.9 Å². The highest BCUT2D eigenvalue weighted by molar-refractivity contribution is 5.78. The van der Waals surface area contributed by atoms with Crippen molar-refractivity contribution in [3.05, 3.63) is 48.0 Å². The minimum Gasteiger partial charge on any atom is -0.493 e. The first-order chi connectivity index (χ1) is 12.1. The molecular weight excluding hydrogens is 322 g/mol. The van der Waals surface area contributed by atoms with Crippen molar-refractivity contribution in [2.45, 2.75) is 13.0 Å². The summed E-state index contributed by atoms with van der Waals surface area (Å²) in [6.45, 7) is 1.79. The summed E-state index contributed by atoms with van der Waals surface area (Å²) in [4.78, 5) is 12.1. The van der Waals surface area contributed by atoms with Gasteiger partial charge < -0.3 is 24.3 Å². The van der Waals surface area contributed by atoms with Gasteiger partial charge in [-0.3, -0.25) is 4.79 Å². The summed E-state index contributed by atoms with van der Waals surface area (Å²) in [5.74, 6) is 2.14. The maximum absolute atomic E-state index is 12.1. The number of ether oxygens (including phenoxy) is 4. The summed E-state index contributed by atoms with van der Waals surface area (Å²) < 4.78 is 21.2. The molecule has 6 heteroatoms. The lowest BCUT2D eigenvalue weighted by atomic mass is 10.1. The van der Waals surface area contributed by atoms with Gasteiger partial charge in [0, 0.05) is 0 Å². The van der Waals surface area contributed by atoms with E-state index in [9.17, 15) is 4.79 Å². The Kier molecular flexibility index (Phi) is 6.51. The van der Waals surface area contributed by atoms with Gasteiger partial charge in [0.1, 0.15) is 0 Å². The first-order valence-electron chi connectivity index (χ1n) is 7.86. The average Bonchev–Trinajstić information content (AvgIpc) is 2.65. The largest absolute Gasteiger partial charge is 0.493 e. The molecule has 0 saturated heterocycles. The van der Waals surface area contributed by atoms with Gasteiger partial charge in [-0.25, -0.2) is 0 Å². The third-order valence-corrected chi connectivity index (χ3v) is 3.71. The maximum atomic E-state index is 12.1. The van der Waals surface area contributed by atoms with Gasteiger partial charge in [0.05, 0.1) is 27.4 Å². The van der Waals surface area contributed by atoms with E-state index in [2.05, 4.69) is 5.32 Å². The van der Waals surface area contributed by atoms with E-state index in [1.807, 2.05) is 37.3 Å². The fraction of sp³-hybridized carbons (Fsp3) is 0.316. The van der Waals surface area contributed by atoms with Crippen LogP contribution >= 0.6 is 0 Å². The quantitative estimate of drug-likeness (QED) is 0.797. The van der Waals surface area contributed by atoms with Gasteiger partial charge in [-0.1, -0.05) is 18.2 Å². The molecule has 1 N–H and O–H groups in total. The summed E-state index contributed by atoms with van der Waals surface area (Å²) in [7, 11) is 4.71. The van der Waals surface area contributed by atoms with Crippen LogP contribution in [0.15, 0.2) is 42.5 Å². The number of rotatable bonds is 8. The van der Waals surface area contributed by atoms with Crippen LogP contribution < -0.4 is 24.3 Å². The minimum absolute atomic E-state index is 0.0992. The number of carbonyl (C=O) groups excluding carboxylic acids is 1. The summed E-state index contributed by atoms with van der Waals surface area (Å²) in [5.41, 5.74) is 0.906. The number of para-hydroxylation sites is 2. The molecule has 0 aliphatic rings. The molecule has 0 bridgehead atoms. The first kappa shape index (κ1) is 18.4. The summed E-state index contributed by atoms with van der Waals surface area (Å²) in [6, 6.07) is 12.5. The zero-order valence-corrected chi connectivity index (χ0v) is 14.9. The van der Waals surface area contributed by atoms with Crippen LogP contribution in [0.1, 0.15) is 18.5 Å². The van der Waals surface area contributed by atoms with Gasteiger partial charge in [-0.15, -0.1) is 0 Å². The molecule has 0 aromatic heterocycles. The minimum atomic E-state index is -0.229. The Labute approximate surface area is 147 Å². The van der Waals surface area contributed by atoms with Gasteiger partial charge in [0.2, 0.25) is 0 Å². The molecule has 0 spiro atoms. The lowest BCUT2D eigenvalue weighted by molar-refractivity contribution is -0.123. The second-order valence-electron chi connectivity index (χ2n) is 5.34. The molecule has 2 aromatic carbocycles. The summed E-state index contributed by atoms with van der Waals surface area (Å²) >= 11 is 0. The topological polar surface area (TPSA) is 66.0 Å². The lowest BCUT2D eigenvalue weighted by Crippen LogP contribution is -2.31. The Hall–Kier alpha value is -2.89. The van der Waals surface area contributed by atoms with Gasteiger partial charge in [-0.05, 0) is 36.8 Å². The predicted octanol–water partition coefficient (Wildman–Crippen LogP) is 2.97. The molecule has 0 aliphatic carbocycles. The fourth-order valence-corrected chi connectivity index (χ4v) is 2.37. The molecule has 2 aromatic rings. The highest BCUT2D eigenvalue weighted by atomic mass is 16.5. The monoisotopic (exact) mass is 345 g/mol. The summed E-state index contributed by atoms with van der Waals surface area (Å²) in [6.07, 6.45) is 0. The second-order valence-corrected chi connectivity index (χ2v) is 5.34. The smallest absolute Gasteiger partial charge is 0.258 e. The standard InChI is InChI=1S/C19H23NO5/c1-13(14-9-10-16(23-3)18(11-14)24-4)20-19(21)12-25-17-8-6-5-7-15(17)22-2/h5-11,13H,12H2,1-4H3,(H,20,21). The normalized spacial score (nSPS) is 11.4. The van der Waals surface area contributed by atoms with Gasteiger partial charge >= 0.3 is 0 Å². The Morgan fingerprint density at radius 1 is 0.920 bits per heavy atom. The molecule has 0 heterocycles. The zero-order chi connectivity index (χ0) is 18.2. The number of amides is 1. The molecule has 25 heavy (non-hydrogen) atoms. The van der Waals surface area contributed by atoms with Gasteiger partial charge in [0.25, 0.3) is 5.91 Å². The molecule has 0 fully saturated rings. The SMILES string of the molecule is COc1ccc(C(C)NC(=O)COc2ccccc2OC)cc1OC. The Bertz CT molecular complexity index is 717. The summed E-state index contributed by atoms with van der Waals surface area (Å²) in [5, 5.41) is 2.89. The average molecular weight is 345 g/mol. The molecular formula is C19H23NO5. The van der Waals surface area contributed by atoms with Crippen molar-refractivity contribution in [2.75, 3.05) is 27.9 Å². The number of hydrogen-bond acceptors (Lipinski definition) is 5. The lowest BCUT2D eigenvalue weighted by Gasteiger charge is -2.17. The molecule has 0 radical (unpaired) electrons. The molecule has 1 unspecified atom stereocenters. The van der Waals surface area contributed by atoms with Crippen molar-refractivity contribution >= 4 is 5.91 Å². The highest BCUT2D eigenvalue weighted by Crippen LogP contribution is 2.30. The molecule has 134 valence electrons. The zero-order valence-electron chi connectivity index (χ0n) is 14.9. The van der Waals surface area contributed by atoms with E-state index in [1.165, 1.54) is 0 Å². The maximum Gasteiger partial charge on any atom is 0.258 e. The number of hydrogen-bond donors (Lipinski definition) is 1.